The second-order valence-corrected chi connectivity index (χ2v) is 8.05. The van der Waals surface area contributed by atoms with Crippen molar-refractivity contribution in [3.63, 3.8) is 0 Å². The van der Waals surface area contributed by atoms with Crippen LogP contribution in [-0.2, 0) is 5.54 Å². The van der Waals surface area contributed by atoms with Crippen molar-refractivity contribution in [1.82, 2.24) is 0 Å². The van der Waals surface area contributed by atoms with Crippen LogP contribution in [0.25, 0.3) is 0 Å². The van der Waals surface area contributed by atoms with Gasteiger partial charge in [-0.15, -0.1) is 11.8 Å². The monoisotopic (exact) mass is 405 g/mol. The molecule has 24 heavy (non-hydrogen) atoms. The van der Waals surface area contributed by atoms with Gasteiger partial charge in [0.1, 0.15) is 5.82 Å². The van der Waals surface area contributed by atoms with Gasteiger partial charge >= 0.3 is 0 Å². The summed E-state index contributed by atoms with van der Waals surface area (Å²) in [6, 6.07) is 14.1. The zero-order valence-electron chi connectivity index (χ0n) is 13.3. The summed E-state index contributed by atoms with van der Waals surface area (Å²) < 4.78 is 15.1. The molecule has 1 aliphatic heterocycles. The maximum Gasteiger partial charge on any atom is 0.169 e. The lowest BCUT2D eigenvalue weighted by molar-refractivity contribution is 0.100. The fourth-order valence-corrected chi connectivity index (χ4v) is 4.39. The number of rotatable bonds is 4. The van der Waals surface area contributed by atoms with Gasteiger partial charge in [-0.25, -0.2) is 4.39 Å². The SMILES string of the molecule is C[C@@]1(c2cc(Br)ccc2F)CCSC(CC(=O)c2ccccc2)=N1. The Balaban J connectivity index is 1.87. The summed E-state index contributed by atoms with van der Waals surface area (Å²) in [6.07, 6.45) is 1.01. The van der Waals surface area contributed by atoms with Gasteiger partial charge < -0.3 is 0 Å². The number of thioether (sulfide) groups is 1. The van der Waals surface area contributed by atoms with Gasteiger partial charge in [-0.3, -0.25) is 9.79 Å². The molecule has 3 rings (SSSR count). The highest BCUT2D eigenvalue weighted by Gasteiger charge is 2.33. The smallest absolute Gasteiger partial charge is 0.169 e. The van der Waals surface area contributed by atoms with Crippen molar-refractivity contribution >= 4 is 38.5 Å². The molecule has 2 aromatic carbocycles. The lowest BCUT2D eigenvalue weighted by atomic mass is 9.89. The first-order valence-corrected chi connectivity index (χ1v) is 9.51. The summed E-state index contributed by atoms with van der Waals surface area (Å²) in [5.41, 5.74) is 0.620. The van der Waals surface area contributed by atoms with E-state index in [0.29, 0.717) is 11.1 Å². The van der Waals surface area contributed by atoms with E-state index >= 15 is 0 Å². The molecule has 5 heteroatoms. The highest BCUT2D eigenvalue weighted by molar-refractivity contribution is 9.10. The van der Waals surface area contributed by atoms with Crippen molar-refractivity contribution in [1.29, 1.82) is 0 Å². The minimum atomic E-state index is -0.634. The van der Waals surface area contributed by atoms with E-state index in [4.69, 9.17) is 4.99 Å². The fourth-order valence-electron chi connectivity index (χ4n) is 2.79. The van der Waals surface area contributed by atoms with Gasteiger partial charge in [0.2, 0.25) is 0 Å². The summed E-state index contributed by atoms with van der Waals surface area (Å²) in [6.45, 7) is 1.94. The molecule has 1 aliphatic rings. The second kappa shape index (κ2) is 7.19. The Morgan fingerprint density at radius 1 is 1.29 bits per heavy atom. The van der Waals surface area contributed by atoms with Gasteiger partial charge in [0.25, 0.3) is 0 Å². The third kappa shape index (κ3) is 3.78. The van der Waals surface area contributed by atoms with Crippen LogP contribution in [0.2, 0.25) is 0 Å². The molecule has 0 fully saturated rings. The molecule has 124 valence electrons. The quantitative estimate of drug-likeness (QED) is 0.618. The van der Waals surface area contributed by atoms with Crippen LogP contribution in [0, 0.1) is 5.82 Å². The number of benzene rings is 2. The highest BCUT2D eigenvalue weighted by atomic mass is 79.9. The molecule has 0 saturated heterocycles. The van der Waals surface area contributed by atoms with Crippen molar-refractivity contribution in [2.75, 3.05) is 5.75 Å². The number of aliphatic imine (C=N–C) groups is 1. The maximum atomic E-state index is 14.3. The molecule has 0 N–H and O–H groups in total. The molecule has 1 atom stereocenters. The third-order valence-corrected chi connectivity index (χ3v) is 5.62. The van der Waals surface area contributed by atoms with Gasteiger partial charge in [-0.05, 0) is 31.5 Å². The number of Topliss-reactive ketones (excluding diaryl/α,β-unsaturated/α-hetero) is 1. The molecule has 2 nitrogen and oxygen atoms in total. The Hall–Kier alpha value is -1.46. The summed E-state index contributed by atoms with van der Waals surface area (Å²) >= 11 is 4.99. The largest absolute Gasteiger partial charge is 0.294 e. The molecule has 0 aliphatic carbocycles. The Morgan fingerprint density at radius 3 is 2.79 bits per heavy atom. The first-order chi connectivity index (χ1) is 11.5. The molecule has 0 spiro atoms. The molecule has 0 amide bonds. The average molecular weight is 406 g/mol. The number of nitrogens with zero attached hydrogens (tertiary/aromatic N) is 1. The maximum absolute atomic E-state index is 14.3. The van der Waals surface area contributed by atoms with Crippen LogP contribution >= 0.6 is 27.7 Å². The van der Waals surface area contributed by atoms with E-state index in [1.807, 2.05) is 37.3 Å². The molecule has 2 aromatic rings. The van der Waals surface area contributed by atoms with E-state index in [-0.39, 0.29) is 18.0 Å². The number of carbonyl (C=O) groups excluding carboxylic acids is 1. The Bertz CT molecular complexity index is 793. The summed E-state index contributed by atoms with van der Waals surface area (Å²) in [7, 11) is 0. The molecular weight excluding hydrogens is 389 g/mol. The number of ketones is 1. The van der Waals surface area contributed by atoms with Crippen LogP contribution in [0.3, 0.4) is 0 Å². The highest BCUT2D eigenvalue weighted by Crippen LogP contribution is 2.38. The lowest BCUT2D eigenvalue weighted by Gasteiger charge is -2.31. The van der Waals surface area contributed by atoms with E-state index in [2.05, 4.69) is 15.9 Å². The predicted molar refractivity (Wildman–Crippen MR) is 101 cm³/mol. The predicted octanol–water partition coefficient (Wildman–Crippen LogP) is 5.61. The molecule has 0 radical (unpaired) electrons. The van der Waals surface area contributed by atoms with Crippen molar-refractivity contribution < 1.29 is 9.18 Å². The lowest BCUT2D eigenvalue weighted by Crippen LogP contribution is -2.27. The van der Waals surface area contributed by atoms with E-state index in [0.717, 1.165) is 21.7 Å². The van der Waals surface area contributed by atoms with Crippen LogP contribution in [-0.4, -0.2) is 16.6 Å². The van der Waals surface area contributed by atoms with Crippen molar-refractivity contribution in [2.24, 2.45) is 4.99 Å². The first kappa shape index (κ1) is 17.4. The van der Waals surface area contributed by atoms with Crippen LogP contribution in [0.5, 0.6) is 0 Å². The van der Waals surface area contributed by atoms with Crippen LogP contribution in [0.1, 0.15) is 35.7 Å². The second-order valence-electron chi connectivity index (χ2n) is 5.97. The molecule has 0 aromatic heterocycles. The van der Waals surface area contributed by atoms with E-state index in [1.54, 1.807) is 23.9 Å². The van der Waals surface area contributed by atoms with Crippen LogP contribution in [0.15, 0.2) is 58.0 Å². The van der Waals surface area contributed by atoms with Gasteiger partial charge in [0, 0.05) is 21.4 Å². The number of hydrogen-bond acceptors (Lipinski definition) is 3. The van der Waals surface area contributed by atoms with E-state index in [9.17, 15) is 9.18 Å². The zero-order valence-corrected chi connectivity index (χ0v) is 15.7. The molecule has 0 bridgehead atoms. The Morgan fingerprint density at radius 2 is 2.04 bits per heavy atom. The van der Waals surface area contributed by atoms with Crippen molar-refractivity contribution in [3.05, 3.63) is 69.9 Å². The van der Waals surface area contributed by atoms with Gasteiger partial charge in [0.05, 0.1) is 17.0 Å². The molecule has 1 heterocycles. The normalized spacial score (nSPS) is 20.5. The third-order valence-electron chi connectivity index (χ3n) is 4.15. The standard InChI is InChI=1S/C19H17BrFNOS/c1-19(15-11-14(20)7-8-16(15)21)9-10-24-18(22-19)12-17(23)13-5-3-2-4-6-13/h2-8,11H,9-10,12H2,1H3/t19-/m0/s1. The molecule has 0 unspecified atom stereocenters. The van der Waals surface area contributed by atoms with Crippen LogP contribution < -0.4 is 0 Å². The summed E-state index contributed by atoms with van der Waals surface area (Å²) in [4.78, 5) is 17.2. The minimum Gasteiger partial charge on any atom is -0.294 e. The fraction of sp³-hybridized carbons (Fsp3) is 0.263. The van der Waals surface area contributed by atoms with Gasteiger partial charge in [-0.2, -0.15) is 0 Å². The number of hydrogen-bond donors (Lipinski definition) is 0. The molecular formula is C19H17BrFNOS. The summed E-state index contributed by atoms with van der Waals surface area (Å²) in [5, 5.41) is 0.775. The van der Waals surface area contributed by atoms with Crippen LogP contribution in [0.4, 0.5) is 4.39 Å². The Labute approximate surface area is 153 Å². The van der Waals surface area contributed by atoms with Gasteiger partial charge in [-0.1, -0.05) is 46.3 Å². The Kier molecular flexibility index (Phi) is 5.21. The minimum absolute atomic E-state index is 0.0424. The van der Waals surface area contributed by atoms with E-state index in [1.165, 1.54) is 6.07 Å². The average Bonchev–Trinajstić information content (AvgIpc) is 2.58. The summed E-state index contributed by atoms with van der Waals surface area (Å²) in [5.74, 6) is 0.606. The first-order valence-electron chi connectivity index (χ1n) is 7.73. The zero-order chi connectivity index (χ0) is 17.2. The van der Waals surface area contributed by atoms with E-state index < -0.39 is 5.54 Å². The number of halogens is 2. The number of carbonyl (C=O) groups is 1. The van der Waals surface area contributed by atoms with Crippen molar-refractivity contribution in [2.45, 2.75) is 25.3 Å². The topological polar surface area (TPSA) is 29.4 Å². The van der Waals surface area contributed by atoms with Gasteiger partial charge in [0.15, 0.2) is 5.78 Å². The molecule has 0 saturated carbocycles. The van der Waals surface area contributed by atoms with Crippen molar-refractivity contribution in [3.8, 4) is 0 Å².